The van der Waals surface area contributed by atoms with Gasteiger partial charge in [0.2, 0.25) is 11.4 Å². The number of allylic oxidation sites excluding steroid dienone is 4. The lowest BCUT2D eigenvalue weighted by Gasteiger charge is -2.36. The van der Waals surface area contributed by atoms with Crippen molar-refractivity contribution in [3.63, 3.8) is 0 Å². The van der Waals surface area contributed by atoms with Crippen LogP contribution in [0.3, 0.4) is 0 Å². The third-order valence-electron chi connectivity index (χ3n) is 5.31. The predicted octanol–water partition coefficient (Wildman–Crippen LogP) is 3.02. The third-order valence-corrected chi connectivity index (χ3v) is 5.31. The van der Waals surface area contributed by atoms with Gasteiger partial charge in [-0.1, -0.05) is 12.2 Å². The Kier molecular flexibility index (Phi) is 4.07. The van der Waals surface area contributed by atoms with Gasteiger partial charge in [0.15, 0.2) is 5.76 Å². The fourth-order valence-electron chi connectivity index (χ4n) is 4.03. The maximum Gasteiger partial charge on any atom is 0.234 e. The number of hydrogen-bond acceptors (Lipinski definition) is 7. The molecule has 4 N–H and O–H groups in total. The molecular weight excluding hydrogens is 408 g/mol. The lowest BCUT2D eigenvalue weighted by Crippen LogP contribution is -2.46. The molecule has 0 fully saturated rings. The zero-order valence-electron chi connectivity index (χ0n) is 16.7. The summed E-state index contributed by atoms with van der Waals surface area (Å²) in [5, 5.41) is 12.1. The highest BCUT2D eigenvalue weighted by atomic mass is 16.7. The van der Waals surface area contributed by atoms with E-state index in [-0.39, 0.29) is 0 Å². The normalized spacial score (nSPS) is 20.2. The quantitative estimate of drug-likeness (QED) is 0.387. The zero-order chi connectivity index (χ0) is 21.4. The number of aromatic nitrogens is 6. The first-order valence-electron chi connectivity index (χ1n) is 9.95. The van der Waals surface area contributed by atoms with Crippen molar-refractivity contribution >= 4 is 11.3 Å². The van der Waals surface area contributed by atoms with E-state index in [1.54, 1.807) is 36.1 Å². The average molecular weight is 426 g/mol. The van der Waals surface area contributed by atoms with Crippen LogP contribution in [0.1, 0.15) is 23.1 Å². The second-order valence-corrected chi connectivity index (χ2v) is 7.07. The summed E-state index contributed by atoms with van der Waals surface area (Å²) in [4.78, 5) is 22.3. The molecule has 1 atom stereocenters. The summed E-state index contributed by atoms with van der Waals surface area (Å²) in [6.07, 6.45) is 19.6. The van der Waals surface area contributed by atoms with Crippen LogP contribution in [-0.4, -0.2) is 35.2 Å². The Morgan fingerprint density at radius 1 is 0.969 bits per heavy atom. The standard InChI is InChI=1S/C22H18N8O2/c1-2-6-17(24-8-3-1)30-22(16-5-4-9-23-16,21-27-13-14-31-21)18(20-25-11-12-26-20)19(32-30)15-7-10-28-29-15/h1-14,23-24H,(H,25,26)(H,28,29). The highest BCUT2D eigenvalue weighted by Gasteiger charge is 2.59. The van der Waals surface area contributed by atoms with Gasteiger partial charge in [-0.05, 0) is 30.4 Å². The number of nitrogens with one attached hydrogen (secondary N) is 4. The molecule has 4 aromatic rings. The molecule has 2 aliphatic heterocycles. The minimum atomic E-state index is -1.14. The van der Waals surface area contributed by atoms with Gasteiger partial charge >= 0.3 is 0 Å². The first-order valence-corrected chi connectivity index (χ1v) is 9.95. The molecule has 0 spiro atoms. The molecule has 10 nitrogen and oxygen atoms in total. The van der Waals surface area contributed by atoms with Crippen LogP contribution in [0.15, 0.2) is 96.2 Å². The maximum atomic E-state index is 6.56. The van der Waals surface area contributed by atoms with Crippen molar-refractivity contribution in [1.82, 2.24) is 40.5 Å². The molecule has 0 aliphatic carbocycles. The van der Waals surface area contributed by atoms with Gasteiger partial charge in [-0.25, -0.2) is 9.97 Å². The van der Waals surface area contributed by atoms with Crippen LogP contribution >= 0.6 is 0 Å². The summed E-state index contributed by atoms with van der Waals surface area (Å²) in [6, 6.07) is 5.72. The van der Waals surface area contributed by atoms with Gasteiger partial charge in [-0.15, -0.1) is 0 Å². The van der Waals surface area contributed by atoms with E-state index in [9.17, 15) is 0 Å². The van der Waals surface area contributed by atoms with Gasteiger partial charge in [-0.3, -0.25) is 5.10 Å². The van der Waals surface area contributed by atoms with Gasteiger partial charge in [0.05, 0.1) is 17.5 Å². The second kappa shape index (κ2) is 7.20. The molecule has 6 heterocycles. The van der Waals surface area contributed by atoms with E-state index < -0.39 is 5.54 Å². The van der Waals surface area contributed by atoms with E-state index in [2.05, 4.69) is 35.5 Å². The third kappa shape index (κ3) is 2.56. The molecule has 6 rings (SSSR count). The Labute approximate surface area is 182 Å². The molecule has 32 heavy (non-hydrogen) atoms. The highest BCUT2D eigenvalue weighted by Crippen LogP contribution is 2.54. The number of hydrogen-bond donors (Lipinski definition) is 4. The fourth-order valence-corrected chi connectivity index (χ4v) is 4.03. The lowest BCUT2D eigenvalue weighted by molar-refractivity contribution is -0.0990. The Morgan fingerprint density at radius 2 is 1.97 bits per heavy atom. The molecule has 0 saturated carbocycles. The van der Waals surface area contributed by atoms with Crippen LogP contribution in [0, 0.1) is 0 Å². The SMILES string of the molecule is C1=CC=C(N2OC(c3ccn[nH]3)=C(c3ncc[nH]3)C2(c2ccc[nH]2)c2ncco2)NC=C1. The van der Waals surface area contributed by atoms with Crippen LogP contribution < -0.4 is 5.32 Å². The van der Waals surface area contributed by atoms with Crippen molar-refractivity contribution in [2.24, 2.45) is 0 Å². The Balaban J connectivity index is 1.71. The van der Waals surface area contributed by atoms with Gasteiger partial charge in [0.1, 0.15) is 23.6 Å². The summed E-state index contributed by atoms with van der Waals surface area (Å²) < 4.78 is 5.95. The van der Waals surface area contributed by atoms with Crippen LogP contribution in [0.25, 0.3) is 11.3 Å². The Hall–Kier alpha value is -4.73. The molecule has 2 aliphatic rings. The predicted molar refractivity (Wildman–Crippen MR) is 114 cm³/mol. The first-order chi connectivity index (χ1) is 15.9. The molecule has 0 aromatic carbocycles. The highest BCUT2D eigenvalue weighted by molar-refractivity contribution is 5.93. The molecule has 0 amide bonds. The van der Waals surface area contributed by atoms with E-state index in [1.165, 1.54) is 0 Å². The largest absolute Gasteiger partial charge is 0.446 e. The van der Waals surface area contributed by atoms with E-state index in [0.717, 1.165) is 5.69 Å². The average Bonchev–Trinajstić information content (AvgIpc) is 3.62. The molecule has 0 saturated heterocycles. The molecule has 4 aromatic heterocycles. The molecular formula is C22H18N8O2. The minimum absolute atomic E-state index is 0.403. The number of nitrogens with zero attached hydrogens (tertiary/aromatic N) is 4. The smallest absolute Gasteiger partial charge is 0.234 e. The van der Waals surface area contributed by atoms with Gasteiger partial charge in [0, 0.05) is 31.0 Å². The monoisotopic (exact) mass is 426 g/mol. The van der Waals surface area contributed by atoms with Crippen molar-refractivity contribution in [3.8, 4) is 0 Å². The number of hydroxylamine groups is 2. The second-order valence-electron chi connectivity index (χ2n) is 7.07. The molecule has 158 valence electrons. The minimum Gasteiger partial charge on any atom is -0.446 e. The van der Waals surface area contributed by atoms with Gasteiger partial charge in [0.25, 0.3) is 0 Å². The lowest BCUT2D eigenvalue weighted by atomic mass is 9.84. The van der Waals surface area contributed by atoms with Crippen LogP contribution in [0.4, 0.5) is 0 Å². The number of imidazole rings is 1. The van der Waals surface area contributed by atoms with Crippen molar-refractivity contribution in [2.75, 3.05) is 0 Å². The zero-order valence-corrected chi connectivity index (χ0v) is 16.7. The van der Waals surface area contributed by atoms with E-state index in [0.29, 0.717) is 34.6 Å². The van der Waals surface area contributed by atoms with Gasteiger partial charge in [-0.2, -0.15) is 10.2 Å². The summed E-state index contributed by atoms with van der Waals surface area (Å²) in [5.74, 6) is 2.21. The number of oxazole rings is 1. The van der Waals surface area contributed by atoms with Crippen LogP contribution in [0.2, 0.25) is 0 Å². The van der Waals surface area contributed by atoms with E-state index >= 15 is 0 Å². The van der Waals surface area contributed by atoms with Gasteiger partial charge < -0.3 is 24.5 Å². The van der Waals surface area contributed by atoms with Crippen molar-refractivity contribution < 1.29 is 9.25 Å². The maximum absolute atomic E-state index is 6.56. The fraction of sp³-hybridized carbons (Fsp3) is 0.0455. The summed E-state index contributed by atoms with van der Waals surface area (Å²) in [6.45, 7) is 0. The van der Waals surface area contributed by atoms with E-state index in [1.807, 2.05) is 54.9 Å². The Morgan fingerprint density at radius 3 is 2.72 bits per heavy atom. The van der Waals surface area contributed by atoms with Crippen LogP contribution in [-0.2, 0) is 10.4 Å². The van der Waals surface area contributed by atoms with Crippen molar-refractivity contribution in [1.29, 1.82) is 0 Å². The number of rotatable bonds is 5. The molecule has 1 unspecified atom stereocenters. The van der Waals surface area contributed by atoms with Crippen molar-refractivity contribution in [3.05, 3.63) is 115 Å². The topological polar surface area (TPSA) is 124 Å². The van der Waals surface area contributed by atoms with Crippen LogP contribution in [0.5, 0.6) is 0 Å². The van der Waals surface area contributed by atoms with E-state index in [4.69, 9.17) is 9.25 Å². The Bertz CT molecular complexity index is 1280. The summed E-state index contributed by atoms with van der Waals surface area (Å²) >= 11 is 0. The molecule has 10 heteroatoms. The molecule has 0 radical (unpaired) electrons. The van der Waals surface area contributed by atoms with Crippen molar-refractivity contribution in [2.45, 2.75) is 5.54 Å². The molecule has 0 bridgehead atoms. The first kappa shape index (κ1) is 18.1. The number of H-pyrrole nitrogens is 3. The summed E-state index contributed by atoms with van der Waals surface area (Å²) in [5.41, 5.74) is 1.02. The number of aromatic amines is 3. The summed E-state index contributed by atoms with van der Waals surface area (Å²) in [7, 11) is 0.